The lowest BCUT2D eigenvalue weighted by Crippen LogP contribution is -1.99. The second-order valence-corrected chi connectivity index (χ2v) is 4.17. The summed E-state index contributed by atoms with van der Waals surface area (Å²) in [5.74, 6) is 1.96. The molecule has 4 nitrogen and oxygen atoms in total. The SMILES string of the molecule is O=Cc1ccc(Cn2ccnc2-c2ccccc2)o1. The Bertz CT molecular complexity index is 683. The smallest absolute Gasteiger partial charge is 0.185 e. The van der Waals surface area contributed by atoms with Gasteiger partial charge in [-0.1, -0.05) is 30.3 Å². The van der Waals surface area contributed by atoms with Gasteiger partial charge in [0.1, 0.15) is 11.6 Å². The maximum absolute atomic E-state index is 10.6. The van der Waals surface area contributed by atoms with E-state index >= 15 is 0 Å². The van der Waals surface area contributed by atoms with Gasteiger partial charge in [-0.3, -0.25) is 4.79 Å². The van der Waals surface area contributed by atoms with Crippen LogP contribution in [0.4, 0.5) is 0 Å². The molecule has 0 saturated heterocycles. The van der Waals surface area contributed by atoms with Crippen LogP contribution in [0.1, 0.15) is 16.3 Å². The minimum atomic E-state index is 0.344. The van der Waals surface area contributed by atoms with Gasteiger partial charge < -0.3 is 8.98 Å². The third kappa shape index (κ3) is 2.33. The van der Waals surface area contributed by atoms with E-state index in [1.54, 1.807) is 18.3 Å². The van der Waals surface area contributed by atoms with Gasteiger partial charge in [0.25, 0.3) is 0 Å². The van der Waals surface area contributed by atoms with E-state index in [9.17, 15) is 4.79 Å². The molecule has 0 N–H and O–H groups in total. The normalized spacial score (nSPS) is 10.5. The molecule has 0 amide bonds. The fraction of sp³-hybridized carbons (Fsp3) is 0.0667. The lowest BCUT2D eigenvalue weighted by molar-refractivity contribution is 0.109. The van der Waals surface area contributed by atoms with Crippen molar-refractivity contribution in [1.29, 1.82) is 0 Å². The highest BCUT2D eigenvalue weighted by Gasteiger charge is 2.08. The third-order valence-electron chi connectivity index (χ3n) is 2.87. The highest BCUT2D eigenvalue weighted by atomic mass is 16.3. The van der Waals surface area contributed by atoms with Crippen LogP contribution >= 0.6 is 0 Å². The van der Waals surface area contributed by atoms with Gasteiger partial charge in [-0.2, -0.15) is 0 Å². The standard InChI is InChI=1S/C15H12N2O2/c18-11-14-7-6-13(19-14)10-17-9-8-16-15(17)12-4-2-1-3-5-12/h1-9,11H,10H2. The Kier molecular flexibility index (Phi) is 2.98. The average Bonchev–Trinajstić information content (AvgIpc) is 3.09. The summed E-state index contributed by atoms with van der Waals surface area (Å²) in [5.41, 5.74) is 1.05. The monoisotopic (exact) mass is 252 g/mol. The molecule has 0 saturated carbocycles. The summed E-state index contributed by atoms with van der Waals surface area (Å²) < 4.78 is 7.37. The number of aromatic nitrogens is 2. The molecule has 0 unspecified atom stereocenters. The summed E-state index contributed by atoms with van der Waals surface area (Å²) in [6.07, 6.45) is 4.35. The molecule has 0 spiro atoms. The van der Waals surface area contributed by atoms with Crippen LogP contribution in [0.25, 0.3) is 11.4 Å². The molecule has 94 valence electrons. The lowest BCUT2D eigenvalue weighted by atomic mass is 10.2. The fourth-order valence-corrected chi connectivity index (χ4v) is 2.00. The molecule has 0 bridgehead atoms. The number of benzene rings is 1. The summed E-state index contributed by atoms with van der Waals surface area (Å²) in [6, 6.07) is 13.4. The van der Waals surface area contributed by atoms with E-state index < -0.39 is 0 Å². The van der Waals surface area contributed by atoms with Crippen molar-refractivity contribution in [2.24, 2.45) is 0 Å². The summed E-state index contributed by atoms with van der Waals surface area (Å²) in [7, 11) is 0. The maximum Gasteiger partial charge on any atom is 0.185 e. The Morgan fingerprint density at radius 2 is 2.00 bits per heavy atom. The Morgan fingerprint density at radius 1 is 1.16 bits per heavy atom. The highest BCUT2D eigenvalue weighted by molar-refractivity contribution is 5.70. The number of hydrogen-bond donors (Lipinski definition) is 0. The fourth-order valence-electron chi connectivity index (χ4n) is 2.00. The highest BCUT2D eigenvalue weighted by Crippen LogP contribution is 2.18. The van der Waals surface area contributed by atoms with E-state index in [1.165, 1.54) is 0 Å². The van der Waals surface area contributed by atoms with E-state index in [1.807, 2.05) is 41.1 Å². The van der Waals surface area contributed by atoms with Crippen molar-refractivity contribution in [1.82, 2.24) is 9.55 Å². The maximum atomic E-state index is 10.6. The Hall–Kier alpha value is -2.62. The van der Waals surface area contributed by atoms with Gasteiger partial charge >= 0.3 is 0 Å². The van der Waals surface area contributed by atoms with E-state index in [0.29, 0.717) is 18.6 Å². The average molecular weight is 252 g/mol. The predicted octanol–water partition coefficient (Wildman–Crippen LogP) is 3.00. The molecule has 0 radical (unpaired) electrons. The first-order valence-electron chi connectivity index (χ1n) is 5.97. The van der Waals surface area contributed by atoms with Crippen molar-refractivity contribution in [2.75, 3.05) is 0 Å². The van der Waals surface area contributed by atoms with Crippen molar-refractivity contribution >= 4 is 6.29 Å². The van der Waals surface area contributed by atoms with Crippen LogP contribution in [0.3, 0.4) is 0 Å². The second-order valence-electron chi connectivity index (χ2n) is 4.17. The topological polar surface area (TPSA) is 48.0 Å². The Balaban J connectivity index is 1.90. The second kappa shape index (κ2) is 4.94. The van der Waals surface area contributed by atoms with Crippen LogP contribution in [0.15, 0.2) is 59.3 Å². The van der Waals surface area contributed by atoms with Crippen LogP contribution in [0.2, 0.25) is 0 Å². The van der Waals surface area contributed by atoms with Crippen LogP contribution < -0.4 is 0 Å². The number of rotatable bonds is 4. The van der Waals surface area contributed by atoms with Crippen molar-refractivity contribution in [2.45, 2.75) is 6.54 Å². The molecule has 0 aliphatic rings. The predicted molar refractivity (Wildman–Crippen MR) is 70.9 cm³/mol. The first-order chi connectivity index (χ1) is 9.36. The summed E-state index contributed by atoms with van der Waals surface area (Å²) in [4.78, 5) is 15.0. The molecule has 0 fully saturated rings. The van der Waals surface area contributed by atoms with E-state index in [2.05, 4.69) is 4.98 Å². The molecule has 0 aliphatic heterocycles. The van der Waals surface area contributed by atoms with Crippen LogP contribution in [-0.2, 0) is 6.54 Å². The van der Waals surface area contributed by atoms with Crippen LogP contribution in [0.5, 0.6) is 0 Å². The molecular formula is C15H12N2O2. The Labute approximate surface area is 110 Å². The van der Waals surface area contributed by atoms with Crippen molar-refractivity contribution in [3.63, 3.8) is 0 Å². The van der Waals surface area contributed by atoms with Crippen molar-refractivity contribution < 1.29 is 9.21 Å². The number of imidazole rings is 1. The number of nitrogens with zero attached hydrogens (tertiary/aromatic N) is 2. The first-order valence-corrected chi connectivity index (χ1v) is 5.97. The molecular weight excluding hydrogens is 240 g/mol. The molecule has 1 aromatic carbocycles. The minimum Gasteiger partial charge on any atom is -0.456 e. The molecule has 19 heavy (non-hydrogen) atoms. The summed E-state index contributed by atoms with van der Waals surface area (Å²) in [6.45, 7) is 0.554. The van der Waals surface area contributed by atoms with Gasteiger partial charge in [0.2, 0.25) is 0 Å². The van der Waals surface area contributed by atoms with Gasteiger partial charge in [0.05, 0.1) is 6.54 Å². The van der Waals surface area contributed by atoms with Gasteiger partial charge in [-0.25, -0.2) is 4.98 Å². The van der Waals surface area contributed by atoms with E-state index in [4.69, 9.17) is 4.42 Å². The lowest BCUT2D eigenvalue weighted by Gasteiger charge is -2.05. The zero-order valence-corrected chi connectivity index (χ0v) is 10.2. The van der Waals surface area contributed by atoms with Crippen LogP contribution in [0, 0.1) is 0 Å². The molecule has 2 aromatic heterocycles. The Morgan fingerprint density at radius 3 is 2.74 bits per heavy atom. The van der Waals surface area contributed by atoms with Gasteiger partial charge in [0, 0.05) is 18.0 Å². The molecule has 2 heterocycles. The van der Waals surface area contributed by atoms with E-state index in [-0.39, 0.29) is 0 Å². The molecule has 0 aliphatic carbocycles. The molecule has 3 rings (SSSR count). The largest absolute Gasteiger partial charge is 0.456 e. The molecule has 4 heteroatoms. The van der Waals surface area contributed by atoms with Crippen LogP contribution in [-0.4, -0.2) is 15.8 Å². The molecule has 3 aromatic rings. The molecule has 0 atom stereocenters. The van der Waals surface area contributed by atoms with Gasteiger partial charge in [0.15, 0.2) is 12.0 Å². The summed E-state index contributed by atoms with van der Waals surface area (Å²) >= 11 is 0. The van der Waals surface area contributed by atoms with Gasteiger partial charge in [-0.15, -0.1) is 0 Å². The number of carbonyl (C=O) groups is 1. The zero-order chi connectivity index (χ0) is 13.1. The minimum absolute atomic E-state index is 0.344. The third-order valence-corrected chi connectivity index (χ3v) is 2.87. The van der Waals surface area contributed by atoms with Gasteiger partial charge in [-0.05, 0) is 12.1 Å². The zero-order valence-electron chi connectivity index (χ0n) is 10.2. The number of aldehydes is 1. The van der Waals surface area contributed by atoms with Crippen molar-refractivity contribution in [3.8, 4) is 11.4 Å². The summed E-state index contributed by atoms with van der Waals surface area (Å²) in [5, 5.41) is 0. The quantitative estimate of drug-likeness (QED) is 0.670. The number of hydrogen-bond acceptors (Lipinski definition) is 3. The number of furan rings is 1. The number of carbonyl (C=O) groups excluding carboxylic acids is 1. The van der Waals surface area contributed by atoms with Crippen molar-refractivity contribution in [3.05, 3.63) is 66.4 Å². The van der Waals surface area contributed by atoms with E-state index in [0.717, 1.165) is 17.1 Å². The first kappa shape index (κ1) is 11.5.